The van der Waals surface area contributed by atoms with E-state index < -0.39 is 0 Å². The van der Waals surface area contributed by atoms with E-state index in [1.807, 2.05) is 24.3 Å². The molecule has 0 aliphatic heterocycles. The van der Waals surface area contributed by atoms with Crippen LogP contribution in [0.5, 0.6) is 0 Å². The quantitative estimate of drug-likeness (QED) is 0.349. The van der Waals surface area contributed by atoms with Crippen molar-refractivity contribution in [2.24, 2.45) is 11.7 Å². The Bertz CT molecular complexity index is 188. The molecule has 4 heteroatoms. The molecule has 0 heterocycles. The van der Waals surface area contributed by atoms with E-state index in [1.165, 1.54) is 0 Å². The van der Waals surface area contributed by atoms with Crippen LogP contribution in [0.3, 0.4) is 0 Å². The SMILES string of the molecule is NNc1ccccc1NN. The Kier molecular flexibility index (Phi) is 2.09. The van der Waals surface area contributed by atoms with E-state index >= 15 is 0 Å². The van der Waals surface area contributed by atoms with Crippen molar-refractivity contribution in [3.05, 3.63) is 24.3 Å². The molecular formula is C6H10N4. The Morgan fingerprint density at radius 2 is 1.30 bits per heavy atom. The fourth-order valence-corrected chi connectivity index (χ4v) is 0.735. The summed E-state index contributed by atoms with van der Waals surface area (Å²) in [5.74, 6) is 10.4. The van der Waals surface area contributed by atoms with Gasteiger partial charge in [0.2, 0.25) is 0 Å². The lowest BCUT2D eigenvalue weighted by atomic mass is 10.3. The van der Waals surface area contributed by atoms with E-state index in [1.54, 1.807) is 0 Å². The maximum atomic E-state index is 5.18. The third-order valence-corrected chi connectivity index (χ3v) is 1.24. The van der Waals surface area contributed by atoms with Crippen LogP contribution < -0.4 is 22.5 Å². The van der Waals surface area contributed by atoms with E-state index in [4.69, 9.17) is 11.7 Å². The van der Waals surface area contributed by atoms with Crippen LogP contribution >= 0.6 is 0 Å². The molecule has 0 saturated carbocycles. The molecule has 0 aliphatic rings. The number of hydrogen-bond donors (Lipinski definition) is 4. The van der Waals surface area contributed by atoms with Gasteiger partial charge in [0.1, 0.15) is 0 Å². The number of benzene rings is 1. The summed E-state index contributed by atoms with van der Waals surface area (Å²) in [6, 6.07) is 7.40. The molecule has 0 unspecified atom stereocenters. The standard InChI is InChI=1S/C6H10N4/c7-9-5-3-1-2-4-6(5)10-8/h1-4,9-10H,7-8H2. The topological polar surface area (TPSA) is 76.1 Å². The number of anilines is 2. The van der Waals surface area contributed by atoms with Gasteiger partial charge >= 0.3 is 0 Å². The van der Waals surface area contributed by atoms with Gasteiger partial charge < -0.3 is 10.9 Å². The van der Waals surface area contributed by atoms with Crippen molar-refractivity contribution in [3.63, 3.8) is 0 Å². The number of hydrogen-bond acceptors (Lipinski definition) is 4. The van der Waals surface area contributed by atoms with Crippen LogP contribution in [0.4, 0.5) is 11.4 Å². The average molecular weight is 138 g/mol. The van der Waals surface area contributed by atoms with Crippen LogP contribution in [0.1, 0.15) is 0 Å². The molecule has 1 rings (SSSR count). The molecule has 1 aromatic rings. The van der Waals surface area contributed by atoms with Crippen molar-refractivity contribution in [1.82, 2.24) is 0 Å². The zero-order chi connectivity index (χ0) is 7.40. The van der Waals surface area contributed by atoms with Gasteiger partial charge in [-0.3, -0.25) is 11.7 Å². The van der Waals surface area contributed by atoms with Crippen molar-refractivity contribution in [3.8, 4) is 0 Å². The smallest absolute Gasteiger partial charge is 0.0731 e. The van der Waals surface area contributed by atoms with Gasteiger partial charge in [0.25, 0.3) is 0 Å². The maximum Gasteiger partial charge on any atom is 0.0731 e. The molecule has 1 aromatic carbocycles. The molecule has 0 fully saturated rings. The Morgan fingerprint density at radius 1 is 0.900 bits per heavy atom. The normalized spacial score (nSPS) is 9.00. The molecule has 54 valence electrons. The summed E-state index contributed by atoms with van der Waals surface area (Å²) in [4.78, 5) is 0. The lowest BCUT2D eigenvalue weighted by molar-refractivity contribution is 1.30. The Labute approximate surface area is 59.2 Å². The summed E-state index contributed by atoms with van der Waals surface area (Å²) in [7, 11) is 0. The molecular weight excluding hydrogens is 128 g/mol. The second-order valence-corrected chi connectivity index (χ2v) is 1.83. The summed E-state index contributed by atoms with van der Waals surface area (Å²) < 4.78 is 0. The van der Waals surface area contributed by atoms with Gasteiger partial charge in [0, 0.05) is 0 Å². The lowest BCUT2D eigenvalue weighted by Crippen LogP contribution is -2.13. The number of nitrogens with one attached hydrogen (secondary N) is 2. The van der Waals surface area contributed by atoms with Crippen molar-refractivity contribution in [1.29, 1.82) is 0 Å². The third-order valence-electron chi connectivity index (χ3n) is 1.24. The number of nitrogen functional groups attached to an aromatic ring is 2. The first kappa shape index (κ1) is 6.85. The highest BCUT2D eigenvalue weighted by atomic mass is 15.3. The average Bonchev–Trinajstić information content (AvgIpc) is 2.04. The van der Waals surface area contributed by atoms with Gasteiger partial charge in [-0.05, 0) is 12.1 Å². The molecule has 0 bridgehead atoms. The van der Waals surface area contributed by atoms with Crippen LogP contribution in [0.15, 0.2) is 24.3 Å². The van der Waals surface area contributed by atoms with E-state index in [0.29, 0.717) is 0 Å². The lowest BCUT2D eigenvalue weighted by Gasteiger charge is -2.05. The Morgan fingerprint density at radius 3 is 1.60 bits per heavy atom. The molecule has 0 saturated heterocycles. The predicted molar refractivity (Wildman–Crippen MR) is 42.1 cm³/mol. The fourth-order valence-electron chi connectivity index (χ4n) is 0.735. The van der Waals surface area contributed by atoms with Gasteiger partial charge in [-0.2, -0.15) is 0 Å². The largest absolute Gasteiger partial charge is 0.322 e. The molecule has 6 N–H and O–H groups in total. The molecule has 0 aromatic heterocycles. The van der Waals surface area contributed by atoms with Gasteiger partial charge in [-0.1, -0.05) is 12.1 Å². The molecule has 4 nitrogen and oxygen atoms in total. The predicted octanol–water partition coefficient (Wildman–Crippen LogP) is 0.258. The third kappa shape index (κ3) is 1.18. The summed E-state index contributed by atoms with van der Waals surface area (Å²) in [5.41, 5.74) is 6.57. The fraction of sp³-hybridized carbons (Fsp3) is 0. The van der Waals surface area contributed by atoms with Crippen LogP contribution in [-0.2, 0) is 0 Å². The van der Waals surface area contributed by atoms with Gasteiger partial charge in [0.05, 0.1) is 11.4 Å². The molecule has 0 radical (unpaired) electrons. The first-order valence-corrected chi connectivity index (χ1v) is 2.90. The summed E-state index contributed by atoms with van der Waals surface area (Å²) >= 11 is 0. The first-order valence-electron chi connectivity index (χ1n) is 2.90. The van der Waals surface area contributed by atoms with Crippen molar-refractivity contribution in [2.75, 3.05) is 10.9 Å². The van der Waals surface area contributed by atoms with Gasteiger partial charge in [-0.15, -0.1) is 0 Å². The first-order chi connectivity index (χ1) is 4.88. The zero-order valence-electron chi connectivity index (χ0n) is 5.46. The Balaban J connectivity index is 2.96. The molecule has 0 spiro atoms. The van der Waals surface area contributed by atoms with Crippen LogP contribution in [0, 0.1) is 0 Å². The summed E-state index contributed by atoms with van der Waals surface area (Å²) in [6.45, 7) is 0. The van der Waals surface area contributed by atoms with Crippen LogP contribution in [-0.4, -0.2) is 0 Å². The minimum Gasteiger partial charge on any atom is -0.322 e. The van der Waals surface area contributed by atoms with Crippen molar-refractivity contribution >= 4 is 11.4 Å². The number of nitrogens with two attached hydrogens (primary N) is 2. The van der Waals surface area contributed by atoms with Crippen molar-refractivity contribution < 1.29 is 0 Å². The second-order valence-electron chi connectivity index (χ2n) is 1.83. The van der Waals surface area contributed by atoms with E-state index in [-0.39, 0.29) is 0 Å². The number of rotatable bonds is 2. The molecule has 0 aliphatic carbocycles. The minimum atomic E-state index is 0.782. The van der Waals surface area contributed by atoms with Crippen LogP contribution in [0.2, 0.25) is 0 Å². The number of para-hydroxylation sites is 2. The molecule has 0 atom stereocenters. The van der Waals surface area contributed by atoms with Crippen molar-refractivity contribution in [2.45, 2.75) is 0 Å². The zero-order valence-corrected chi connectivity index (χ0v) is 5.46. The minimum absolute atomic E-state index is 0.782. The highest BCUT2D eigenvalue weighted by Crippen LogP contribution is 2.17. The van der Waals surface area contributed by atoms with E-state index in [2.05, 4.69) is 10.9 Å². The van der Waals surface area contributed by atoms with Gasteiger partial charge in [0.15, 0.2) is 0 Å². The van der Waals surface area contributed by atoms with Gasteiger partial charge in [-0.25, -0.2) is 0 Å². The van der Waals surface area contributed by atoms with E-state index in [9.17, 15) is 0 Å². The van der Waals surface area contributed by atoms with E-state index in [0.717, 1.165) is 11.4 Å². The summed E-state index contributed by atoms with van der Waals surface area (Å²) in [6.07, 6.45) is 0. The second kappa shape index (κ2) is 3.05. The number of hydrazine groups is 2. The summed E-state index contributed by atoms with van der Waals surface area (Å²) in [5, 5.41) is 0. The van der Waals surface area contributed by atoms with Crippen LogP contribution in [0.25, 0.3) is 0 Å². The maximum absolute atomic E-state index is 5.18. The highest BCUT2D eigenvalue weighted by Gasteiger charge is 1.93. The monoisotopic (exact) mass is 138 g/mol. The molecule has 0 amide bonds. The molecule has 10 heavy (non-hydrogen) atoms. The Hall–Kier alpha value is -1.26. The highest BCUT2D eigenvalue weighted by molar-refractivity contribution is 5.67.